The lowest BCUT2D eigenvalue weighted by atomic mass is 10.2. The summed E-state index contributed by atoms with van der Waals surface area (Å²) in [7, 11) is -3.51. The number of sulfonamides is 1. The topological polar surface area (TPSA) is 76.3 Å². The van der Waals surface area contributed by atoms with Crippen LogP contribution in [0, 0.1) is 0 Å². The quantitative estimate of drug-likeness (QED) is 0.848. The lowest BCUT2D eigenvalue weighted by Gasteiger charge is -2.22. The Morgan fingerprint density at radius 2 is 2.05 bits per heavy atom. The molecule has 2 aromatic rings. The predicted molar refractivity (Wildman–Crippen MR) is 84.5 cm³/mol. The number of fused-ring (bicyclic) bond motifs is 1. The fourth-order valence-electron chi connectivity index (χ4n) is 2.33. The smallest absolute Gasteiger partial charge is 0.243 e. The highest BCUT2D eigenvalue weighted by Crippen LogP contribution is 2.25. The summed E-state index contributed by atoms with van der Waals surface area (Å²) in [6.45, 7) is 3.41. The van der Waals surface area contributed by atoms with Gasteiger partial charge in [0, 0.05) is 36.3 Å². The maximum absolute atomic E-state index is 12.9. The van der Waals surface area contributed by atoms with Crippen LogP contribution in [0.4, 0.5) is 0 Å². The second-order valence-electron chi connectivity index (χ2n) is 4.90. The van der Waals surface area contributed by atoms with Gasteiger partial charge >= 0.3 is 0 Å². The van der Waals surface area contributed by atoms with Crippen molar-refractivity contribution in [1.82, 2.24) is 9.29 Å². The van der Waals surface area contributed by atoms with E-state index in [0.717, 1.165) is 11.8 Å². The summed E-state index contributed by atoms with van der Waals surface area (Å²) in [4.78, 5) is 4.38. The van der Waals surface area contributed by atoms with E-state index in [4.69, 9.17) is 5.73 Å². The van der Waals surface area contributed by atoms with Crippen molar-refractivity contribution in [2.24, 2.45) is 5.73 Å². The fraction of sp³-hybridized carbons (Fsp3) is 0.400. The van der Waals surface area contributed by atoms with Crippen molar-refractivity contribution in [3.05, 3.63) is 36.7 Å². The average Bonchev–Trinajstić information content (AvgIpc) is 2.50. The number of nitrogens with zero attached hydrogens (tertiary/aromatic N) is 2. The summed E-state index contributed by atoms with van der Waals surface area (Å²) in [5, 5.41) is 1.54. The van der Waals surface area contributed by atoms with Gasteiger partial charge in [-0.1, -0.05) is 19.1 Å². The number of hydrogen-bond donors (Lipinski definition) is 1. The van der Waals surface area contributed by atoms with E-state index in [0.29, 0.717) is 36.3 Å². The van der Waals surface area contributed by atoms with Gasteiger partial charge in [-0.2, -0.15) is 4.31 Å². The molecule has 0 spiro atoms. The zero-order valence-electron chi connectivity index (χ0n) is 12.2. The Morgan fingerprint density at radius 1 is 1.24 bits per heavy atom. The molecule has 0 bridgehead atoms. The lowest BCUT2D eigenvalue weighted by molar-refractivity contribution is 0.406. The SMILES string of the molecule is CCCN(CCCN)S(=O)(=O)c1cccc2cnccc12. The molecule has 5 nitrogen and oxygen atoms in total. The summed E-state index contributed by atoms with van der Waals surface area (Å²) in [5.74, 6) is 0. The van der Waals surface area contributed by atoms with Crippen LogP contribution in [0.5, 0.6) is 0 Å². The van der Waals surface area contributed by atoms with Crippen LogP contribution in [-0.4, -0.2) is 37.3 Å². The van der Waals surface area contributed by atoms with Crippen molar-refractivity contribution in [3.63, 3.8) is 0 Å². The number of nitrogens with two attached hydrogens (primary N) is 1. The number of benzene rings is 1. The van der Waals surface area contributed by atoms with Gasteiger partial charge in [0.2, 0.25) is 10.0 Å². The summed E-state index contributed by atoms with van der Waals surface area (Å²) in [6.07, 6.45) is 4.73. The van der Waals surface area contributed by atoms with Crippen LogP contribution in [-0.2, 0) is 10.0 Å². The minimum absolute atomic E-state index is 0.341. The second-order valence-corrected chi connectivity index (χ2v) is 6.81. The number of hydrogen-bond acceptors (Lipinski definition) is 4. The van der Waals surface area contributed by atoms with Crippen molar-refractivity contribution in [2.45, 2.75) is 24.7 Å². The van der Waals surface area contributed by atoms with Crippen LogP contribution in [0.3, 0.4) is 0 Å². The van der Waals surface area contributed by atoms with E-state index in [1.165, 1.54) is 4.31 Å². The summed E-state index contributed by atoms with van der Waals surface area (Å²) >= 11 is 0. The minimum Gasteiger partial charge on any atom is -0.330 e. The monoisotopic (exact) mass is 307 g/mol. The third-order valence-electron chi connectivity index (χ3n) is 3.34. The van der Waals surface area contributed by atoms with Gasteiger partial charge in [-0.3, -0.25) is 4.98 Å². The van der Waals surface area contributed by atoms with Crippen molar-refractivity contribution < 1.29 is 8.42 Å². The van der Waals surface area contributed by atoms with Gasteiger partial charge in [0.15, 0.2) is 0 Å². The van der Waals surface area contributed by atoms with Gasteiger partial charge in [0.1, 0.15) is 0 Å². The van der Waals surface area contributed by atoms with E-state index in [1.807, 2.05) is 13.0 Å². The van der Waals surface area contributed by atoms with Crippen LogP contribution < -0.4 is 5.73 Å². The maximum atomic E-state index is 12.9. The van der Waals surface area contributed by atoms with E-state index in [1.54, 1.807) is 30.6 Å². The second kappa shape index (κ2) is 6.98. The number of aromatic nitrogens is 1. The molecular weight excluding hydrogens is 286 g/mol. The molecule has 6 heteroatoms. The highest BCUT2D eigenvalue weighted by Gasteiger charge is 2.25. The first-order valence-electron chi connectivity index (χ1n) is 7.14. The molecule has 1 heterocycles. The minimum atomic E-state index is -3.51. The summed E-state index contributed by atoms with van der Waals surface area (Å²) < 4.78 is 27.3. The van der Waals surface area contributed by atoms with Crippen LogP contribution >= 0.6 is 0 Å². The van der Waals surface area contributed by atoms with E-state index < -0.39 is 10.0 Å². The van der Waals surface area contributed by atoms with Crippen LogP contribution in [0.2, 0.25) is 0 Å². The van der Waals surface area contributed by atoms with Crippen molar-refractivity contribution in [1.29, 1.82) is 0 Å². The zero-order chi connectivity index (χ0) is 15.3. The molecule has 0 saturated carbocycles. The first kappa shape index (κ1) is 15.9. The molecule has 2 rings (SSSR count). The predicted octanol–water partition coefficient (Wildman–Crippen LogP) is 1.98. The van der Waals surface area contributed by atoms with Gasteiger partial charge in [-0.05, 0) is 31.5 Å². The van der Waals surface area contributed by atoms with E-state index in [2.05, 4.69) is 4.98 Å². The van der Waals surface area contributed by atoms with Crippen LogP contribution in [0.15, 0.2) is 41.6 Å². The molecule has 0 fully saturated rings. The molecule has 0 amide bonds. The first-order valence-corrected chi connectivity index (χ1v) is 8.58. The van der Waals surface area contributed by atoms with Gasteiger partial charge in [0.25, 0.3) is 0 Å². The molecule has 0 aliphatic carbocycles. The molecular formula is C15H21N3O2S. The molecule has 1 aromatic heterocycles. The number of rotatable bonds is 7. The summed E-state index contributed by atoms with van der Waals surface area (Å²) in [5.41, 5.74) is 5.52. The largest absolute Gasteiger partial charge is 0.330 e. The third-order valence-corrected chi connectivity index (χ3v) is 5.30. The van der Waals surface area contributed by atoms with Crippen molar-refractivity contribution in [2.75, 3.05) is 19.6 Å². The van der Waals surface area contributed by atoms with Crippen molar-refractivity contribution in [3.8, 4) is 0 Å². The maximum Gasteiger partial charge on any atom is 0.243 e. The van der Waals surface area contributed by atoms with Crippen molar-refractivity contribution >= 4 is 20.8 Å². The Bertz CT molecular complexity index is 696. The molecule has 21 heavy (non-hydrogen) atoms. The molecule has 2 N–H and O–H groups in total. The van der Waals surface area contributed by atoms with Gasteiger partial charge < -0.3 is 5.73 Å². The van der Waals surface area contributed by atoms with E-state index in [-0.39, 0.29) is 0 Å². The Kier molecular flexibility index (Phi) is 5.27. The summed E-state index contributed by atoms with van der Waals surface area (Å²) in [6, 6.07) is 7.02. The standard InChI is InChI=1S/C15H21N3O2S/c1-2-10-18(11-4-8-16)21(19,20)15-6-3-5-13-12-17-9-7-14(13)15/h3,5-7,9,12H,2,4,8,10-11,16H2,1H3. The molecule has 0 unspecified atom stereocenters. The molecule has 0 saturated heterocycles. The Morgan fingerprint density at radius 3 is 2.76 bits per heavy atom. The molecule has 0 aliphatic rings. The molecule has 0 radical (unpaired) electrons. The van der Waals surface area contributed by atoms with Gasteiger partial charge in [-0.25, -0.2) is 8.42 Å². The van der Waals surface area contributed by atoms with Crippen LogP contribution in [0.25, 0.3) is 10.8 Å². The Hall–Kier alpha value is -1.50. The number of pyridine rings is 1. The average molecular weight is 307 g/mol. The van der Waals surface area contributed by atoms with Gasteiger partial charge in [-0.15, -0.1) is 0 Å². The first-order chi connectivity index (χ1) is 10.1. The zero-order valence-corrected chi connectivity index (χ0v) is 13.0. The molecule has 0 aliphatic heterocycles. The van der Waals surface area contributed by atoms with Gasteiger partial charge in [0.05, 0.1) is 4.90 Å². The molecule has 1 aromatic carbocycles. The third kappa shape index (κ3) is 3.40. The normalized spacial score (nSPS) is 12.1. The van der Waals surface area contributed by atoms with Crippen LogP contribution in [0.1, 0.15) is 19.8 Å². The highest BCUT2D eigenvalue weighted by atomic mass is 32.2. The highest BCUT2D eigenvalue weighted by molar-refractivity contribution is 7.89. The van der Waals surface area contributed by atoms with E-state index >= 15 is 0 Å². The lowest BCUT2D eigenvalue weighted by Crippen LogP contribution is -2.33. The van der Waals surface area contributed by atoms with E-state index in [9.17, 15) is 8.42 Å². The molecule has 114 valence electrons. The fourth-order valence-corrected chi connectivity index (χ4v) is 4.11. The molecule has 0 atom stereocenters. The Balaban J connectivity index is 2.49. The Labute approximate surface area is 125 Å².